The van der Waals surface area contributed by atoms with Crippen LogP contribution in [0.5, 0.6) is 0 Å². The monoisotopic (exact) mass is 436 g/mol. The Morgan fingerprint density at radius 3 is 1.54 bits per heavy atom. The number of hydrogen-bond acceptors (Lipinski definition) is 3. The number of benzene rings is 2. The van der Waals surface area contributed by atoms with Crippen LogP contribution < -0.4 is 0 Å². The molecule has 0 saturated carbocycles. The second-order valence-corrected chi connectivity index (χ2v) is 8.47. The number of hydrogen-bond donors (Lipinski definition) is 3. The van der Waals surface area contributed by atoms with Crippen molar-refractivity contribution in [3.8, 4) is 0 Å². The van der Waals surface area contributed by atoms with Gasteiger partial charge in [0.25, 0.3) is 0 Å². The molecule has 2 aromatic carbocycles. The Bertz CT molecular complexity index is 576. The van der Waals surface area contributed by atoms with E-state index in [9.17, 15) is 9.59 Å². The van der Waals surface area contributed by atoms with Crippen LogP contribution in [0.15, 0.2) is 60.7 Å². The molecule has 0 bridgehead atoms. The Kier molecular flexibility index (Phi) is 9.79. The fraction of sp³-hybridized carbons (Fsp3) is 0.222. The maximum absolute atomic E-state index is 9.72. The van der Waals surface area contributed by atoms with Crippen molar-refractivity contribution in [2.75, 3.05) is 0 Å². The molecule has 6 heteroatoms. The van der Waals surface area contributed by atoms with Gasteiger partial charge in [0.2, 0.25) is 0 Å². The molecule has 1 unspecified atom stereocenters. The van der Waals surface area contributed by atoms with Crippen LogP contribution in [0.1, 0.15) is 17.5 Å². The van der Waals surface area contributed by atoms with Gasteiger partial charge in [-0.05, 0) is 0 Å². The summed E-state index contributed by atoms with van der Waals surface area (Å²) in [6.07, 6.45) is -2.54. The summed E-state index contributed by atoms with van der Waals surface area (Å²) in [5, 5.41) is 24.1. The molecule has 0 aliphatic carbocycles. The van der Waals surface area contributed by atoms with Crippen LogP contribution >= 0.6 is 0 Å². The fourth-order valence-corrected chi connectivity index (χ4v) is 5.15. The van der Waals surface area contributed by atoms with Gasteiger partial charge in [-0.2, -0.15) is 0 Å². The van der Waals surface area contributed by atoms with Crippen molar-refractivity contribution >= 4 is 33.1 Å². The van der Waals surface area contributed by atoms with Gasteiger partial charge >= 0.3 is 114 Å². The number of rotatable bonds is 7. The molecule has 0 spiro atoms. The quantitative estimate of drug-likeness (QED) is 0.579. The van der Waals surface area contributed by atoms with Gasteiger partial charge in [0, 0.05) is 0 Å². The number of carboxylic acid groups (broad SMARTS) is 2. The molecule has 0 heterocycles. The average Bonchev–Trinajstić information content (AvgIpc) is 2.57. The number of carbonyl (C=O) groups is 2. The van der Waals surface area contributed by atoms with Gasteiger partial charge in [-0.15, -0.1) is 0 Å². The van der Waals surface area contributed by atoms with Gasteiger partial charge < -0.3 is 15.3 Å². The molecule has 0 aliphatic heterocycles. The van der Waals surface area contributed by atoms with E-state index in [1.54, 1.807) is 0 Å². The molecule has 1 atom stereocenters. The summed E-state index contributed by atoms with van der Waals surface area (Å²) < 4.78 is 2.69. The Morgan fingerprint density at radius 1 is 0.833 bits per heavy atom. The van der Waals surface area contributed by atoms with Crippen LogP contribution in [-0.4, -0.2) is 54.5 Å². The van der Waals surface area contributed by atoms with E-state index in [1.165, 1.54) is 20.0 Å². The predicted octanol–water partition coefficient (Wildman–Crippen LogP) is 2.00. The number of aliphatic hydroxyl groups is 1. The molecule has 2 aromatic rings. The first kappa shape index (κ1) is 20.2. The second-order valence-electron chi connectivity index (χ2n) is 5.03. The molecule has 0 saturated heterocycles. The molecule has 0 aliphatic rings. The molecule has 2 radical (unpaired) electrons. The Labute approximate surface area is 151 Å². The van der Waals surface area contributed by atoms with Crippen molar-refractivity contribution in [2.45, 2.75) is 21.4 Å². The van der Waals surface area contributed by atoms with E-state index in [-0.39, 0.29) is 21.1 Å². The zero-order valence-electron chi connectivity index (χ0n) is 13.1. The molecule has 24 heavy (non-hydrogen) atoms. The van der Waals surface area contributed by atoms with Crippen molar-refractivity contribution in [2.24, 2.45) is 0 Å². The Balaban J connectivity index is 0.000000277. The summed E-state index contributed by atoms with van der Waals surface area (Å²) in [6, 6.07) is 21.7. The number of carboxylic acids is 2. The van der Waals surface area contributed by atoms with Crippen LogP contribution in [0.3, 0.4) is 0 Å². The van der Waals surface area contributed by atoms with E-state index < -0.39 is 24.5 Å². The number of aliphatic carboxylic acids is 2. The topological polar surface area (TPSA) is 94.8 Å². The van der Waals surface area contributed by atoms with Crippen LogP contribution in [0.4, 0.5) is 0 Å². The van der Waals surface area contributed by atoms with Gasteiger partial charge in [0.05, 0.1) is 6.42 Å². The summed E-state index contributed by atoms with van der Waals surface area (Å²) in [7, 11) is 0. The molecule has 0 aromatic heterocycles. The third-order valence-corrected chi connectivity index (χ3v) is 6.75. The van der Waals surface area contributed by atoms with E-state index in [4.69, 9.17) is 15.3 Å². The van der Waals surface area contributed by atoms with Gasteiger partial charge in [-0.1, -0.05) is 0 Å². The molecule has 0 amide bonds. The first-order valence-corrected chi connectivity index (χ1v) is 11.4. The van der Waals surface area contributed by atoms with Gasteiger partial charge in [-0.25, -0.2) is 4.79 Å². The molecular formula is C18H20O5Sn. The molecule has 5 nitrogen and oxygen atoms in total. The summed E-state index contributed by atoms with van der Waals surface area (Å²) in [5.74, 6) is -2.85. The zero-order valence-corrected chi connectivity index (χ0v) is 16.0. The first-order valence-electron chi connectivity index (χ1n) is 7.40. The first-order chi connectivity index (χ1) is 11.5. The van der Waals surface area contributed by atoms with Crippen LogP contribution in [0.25, 0.3) is 0 Å². The van der Waals surface area contributed by atoms with Crippen molar-refractivity contribution in [3.05, 3.63) is 71.8 Å². The Hall–Kier alpha value is -1.86. The normalized spacial score (nSPS) is 11.0. The minimum atomic E-state index is -1.79. The predicted molar refractivity (Wildman–Crippen MR) is 91.9 cm³/mol. The minimum absolute atomic E-state index is 0.258. The second kappa shape index (κ2) is 11.6. The van der Waals surface area contributed by atoms with E-state index >= 15 is 0 Å². The average molecular weight is 435 g/mol. The van der Waals surface area contributed by atoms with E-state index in [0.717, 1.165) is 0 Å². The van der Waals surface area contributed by atoms with Crippen LogP contribution in [0.2, 0.25) is 0 Å². The SMILES string of the molecule is O=C(O)CC(O)C(=O)O.c1ccc([CH2][Sn][CH2]c2ccccc2)cc1. The van der Waals surface area contributed by atoms with Gasteiger partial charge in [0.1, 0.15) is 0 Å². The zero-order chi connectivity index (χ0) is 17.8. The maximum atomic E-state index is 9.72. The molecule has 0 fully saturated rings. The van der Waals surface area contributed by atoms with Crippen molar-refractivity contribution < 1.29 is 24.9 Å². The van der Waals surface area contributed by atoms with Crippen molar-refractivity contribution in [1.82, 2.24) is 0 Å². The summed E-state index contributed by atoms with van der Waals surface area (Å²) >= 11 is -0.258. The third kappa shape index (κ3) is 9.32. The summed E-state index contributed by atoms with van der Waals surface area (Å²) in [5.41, 5.74) is 3.03. The van der Waals surface area contributed by atoms with Crippen LogP contribution in [-0.2, 0) is 18.5 Å². The third-order valence-electron chi connectivity index (χ3n) is 3.00. The standard InChI is InChI=1S/2C7H7.C4H6O5.Sn/c2*1-7-5-3-2-4-6-7;5-2(4(8)9)1-3(6)7;/h2*2-6H,1H2;2,5H,1H2,(H,6,7)(H,8,9);. The van der Waals surface area contributed by atoms with Crippen molar-refractivity contribution in [3.63, 3.8) is 0 Å². The molecule has 126 valence electrons. The molecular weight excluding hydrogens is 415 g/mol. The number of aliphatic hydroxyl groups excluding tert-OH is 1. The fourth-order valence-electron chi connectivity index (χ4n) is 1.80. The van der Waals surface area contributed by atoms with Gasteiger partial charge in [-0.3, -0.25) is 4.79 Å². The Morgan fingerprint density at radius 2 is 1.25 bits per heavy atom. The van der Waals surface area contributed by atoms with Gasteiger partial charge in [0.15, 0.2) is 6.10 Å². The summed E-state index contributed by atoms with van der Waals surface area (Å²) in [6.45, 7) is 0. The van der Waals surface area contributed by atoms with E-state index in [0.29, 0.717) is 0 Å². The van der Waals surface area contributed by atoms with Crippen molar-refractivity contribution in [1.29, 1.82) is 0 Å². The molecule has 3 N–H and O–H groups in total. The van der Waals surface area contributed by atoms with E-state index in [2.05, 4.69) is 60.7 Å². The van der Waals surface area contributed by atoms with Crippen LogP contribution in [0, 0.1) is 0 Å². The summed E-state index contributed by atoms with van der Waals surface area (Å²) in [4.78, 5) is 19.4. The van der Waals surface area contributed by atoms with E-state index in [1.807, 2.05) is 0 Å². The molecule has 2 rings (SSSR count).